The van der Waals surface area contributed by atoms with Gasteiger partial charge in [0.15, 0.2) is 6.61 Å². The fraction of sp³-hybridized carbons (Fsp3) is 0.150. The molecule has 0 unspecified atom stereocenters. The highest BCUT2D eigenvalue weighted by molar-refractivity contribution is 6.00. The van der Waals surface area contributed by atoms with Gasteiger partial charge in [0, 0.05) is 0 Å². The van der Waals surface area contributed by atoms with Crippen LogP contribution in [0.5, 0.6) is 17.2 Å². The van der Waals surface area contributed by atoms with Crippen molar-refractivity contribution in [2.45, 2.75) is 0 Å². The van der Waals surface area contributed by atoms with Gasteiger partial charge in [-0.05, 0) is 41.1 Å². The highest BCUT2D eigenvalue weighted by Gasteiger charge is 2.14. The SMILES string of the molecule is COc1ccc(OC)c(C(=O)COc2ccc3ccccc3c2)c1. The molecule has 0 bridgehead atoms. The number of ketones is 1. The molecule has 3 rings (SSSR count). The molecule has 0 aromatic heterocycles. The highest BCUT2D eigenvalue weighted by atomic mass is 16.5. The minimum Gasteiger partial charge on any atom is -0.497 e. The smallest absolute Gasteiger partial charge is 0.204 e. The molecule has 0 heterocycles. The van der Waals surface area contributed by atoms with Crippen LogP contribution in [0.4, 0.5) is 0 Å². The molecule has 0 spiro atoms. The summed E-state index contributed by atoms with van der Waals surface area (Å²) in [6.45, 7) is -0.0676. The highest BCUT2D eigenvalue weighted by Crippen LogP contribution is 2.25. The summed E-state index contributed by atoms with van der Waals surface area (Å²) in [6.07, 6.45) is 0. The first-order valence-corrected chi connectivity index (χ1v) is 7.58. The number of fused-ring (bicyclic) bond motifs is 1. The van der Waals surface area contributed by atoms with Gasteiger partial charge in [0.05, 0.1) is 19.8 Å². The van der Waals surface area contributed by atoms with Gasteiger partial charge in [0.1, 0.15) is 17.2 Å². The second-order valence-electron chi connectivity index (χ2n) is 5.29. The van der Waals surface area contributed by atoms with E-state index < -0.39 is 0 Å². The minimum absolute atomic E-state index is 0.0676. The number of ether oxygens (including phenoxy) is 3. The number of hydrogen-bond donors (Lipinski definition) is 0. The van der Waals surface area contributed by atoms with Gasteiger partial charge in [0.25, 0.3) is 0 Å². The molecule has 3 aromatic carbocycles. The van der Waals surface area contributed by atoms with E-state index in [2.05, 4.69) is 0 Å². The average molecular weight is 322 g/mol. The first-order chi connectivity index (χ1) is 11.7. The van der Waals surface area contributed by atoms with Crippen molar-refractivity contribution in [1.29, 1.82) is 0 Å². The third-order valence-corrected chi connectivity index (χ3v) is 3.80. The normalized spacial score (nSPS) is 10.4. The summed E-state index contributed by atoms with van der Waals surface area (Å²) in [7, 11) is 3.09. The molecule has 24 heavy (non-hydrogen) atoms. The lowest BCUT2D eigenvalue weighted by Gasteiger charge is -2.11. The summed E-state index contributed by atoms with van der Waals surface area (Å²) in [5.74, 6) is 1.59. The van der Waals surface area contributed by atoms with E-state index in [1.807, 2.05) is 42.5 Å². The molecule has 0 amide bonds. The lowest BCUT2D eigenvalue weighted by atomic mass is 10.1. The molecular weight excluding hydrogens is 304 g/mol. The van der Waals surface area contributed by atoms with Crippen molar-refractivity contribution in [2.24, 2.45) is 0 Å². The lowest BCUT2D eigenvalue weighted by Crippen LogP contribution is -2.13. The van der Waals surface area contributed by atoms with Crippen LogP contribution in [0.25, 0.3) is 10.8 Å². The maximum Gasteiger partial charge on any atom is 0.204 e. The van der Waals surface area contributed by atoms with Crippen LogP contribution in [0.3, 0.4) is 0 Å². The van der Waals surface area contributed by atoms with Crippen LogP contribution >= 0.6 is 0 Å². The van der Waals surface area contributed by atoms with Gasteiger partial charge >= 0.3 is 0 Å². The number of Topliss-reactive ketones (excluding diaryl/α,β-unsaturated/α-hetero) is 1. The molecule has 122 valence electrons. The van der Waals surface area contributed by atoms with Crippen LogP contribution in [0.1, 0.15) is 10.4 Å². The first kappa shape index (κ1) is 15.9. The lowest BCUT2D eigenvalue weighted by molar-refractivity contribution is 0.0918. The van der Waals surface area contributed by atoms with Crippen molar-refractivity contribution in [2.75, 3.05) is 20.8 Å². The number of benzene rings is 3. The number of carbonyl (C=O) groups is 1. The van der Waals surface area contributed by atoms with Crippen LogP contribution in [-0.4, -0.2) is 26.6 Å². The number of rotatable bonds is 6. The zero-order valence-electron chi connectivity index (χ0n) is 13.6. The molecule has 0 saturated heterocycles. The molecule has 4 heteroatoms. The van der Waals surface area contributed by atoms with Gasteiger partial charge in [-0.25, -0.2) is 0 Å². The Labute approximate surface area is 140 Å². The predicted octanol–water partition coefficient (Wildman–Crippen LogP) is 4.12. The van der Waals surface area contributed by atoms with E-state index in [1.54, 1.807) is 25.3 Å². The standard InChI is InChI=1S/C20H18O4/c1-22-16-9-10-20(23-2)18(12-16)19(21)13-24-17-8-7-14-5-3-4-6-15(14)11-17/h3-12H,13H2,1-2H3. The minimum atomic E-state index is -0.168. The van der Waals surface area contributed by atoms with Gasteiger partial charge in [-0.15, -0.1) is 0 Å². The van der Waals surface area contributed by atoms with Gasteiger partial charge in [0.2, 0.25) is 5.78 Å². The summed E-state index contributed by atoms with van der Waals surface area (Å²) in [5.41, 5.74) is 0.442. The number of methoxy groups -OCH3 is 2. The van der Waals surface area contributed by atoms with E-state index in [0.717, 1.165) is 10.8 Å². The molecule has 0 radical (unpaired) electrons. The van der Waals surface area contributed by atoms with E-state index in [9.17, 15) is 4.79 Å². The van der Waals surface area contributed by atoms with Crippen molar-refractivity contribution in [1.82, 2.24) is 0 Å². The molecule has 0 fully saturated rings. The van der Waals surface area contributed by atoms with Crippen LogP contribution < -0.4 is 14.2 Å². The molecule has 0 aliphatic carbocycles. The van der Waals surface area contributed by atoms with Crippen molar-refractivity contribution < 1.29 is 19.0 Å². The molecule has 0 saturated carbocycles. The molecule has 0 aliphatic rings. The number of carbonyl (C=O) groups excluding carboxylic acids is 1. The third kappa shape index (κ3) is 3.33. The maximum absolute atomic E-state index is 12.5. The summed E-state index contributed by atoms with van der Waals surface area (Å²) >= 11 is 0. The van der Waals surface area contributed by atoms with E-state index in [1.165, 1.54) is 7.11 Å². The summed E-state index contributed by atoms with van der Waals surface area (Å²) in [4.78, 5) is 12.5. The zero-order valence-corrected chi connectivity index (χ0v) is 13.6. The Hall–Kier alpha value is -3.01. The Morgan fingerprint density at radius 3 is 2.33 bits per heavy atom. The molecule has 4 nitrogen and oxygen atoms in total. The Balaban J connectivity index is 1.77. The maximum atomic E-state index is 12.5. The zero-order chi connectivity index (χ0) is 16.9. The van der Waals surface area contributed by atoms with Gasteiger partial charge in [-0.3, -0.25) is 4.79 Å². The average Bonchev–Trinajstić information content (AvgIpc) is 2.65. The summed E-state index contributed by atoms with van der Waals surface area (Å²) in [6, 6.07) is 18.9. The molecule has 0 atom stereocenters. The topological polar surface area (TPSA) is 44.8 Å². The van der Waals surface area contributed by atoms with Crippen LogP contribution in [-0.2, 0) is 0 Å². The van der Waals surface area contributed by atoms with Gasteiger partial charge in [-0.1, -0.05) is 30.3 Å². The van der Waals surface area contributed by atoms with Crippen molar-refractivity contribution in [3.63, 3.8) is 0 Å². The quantitative estimate of drug-likeness (QED) is 0.640. The molecule has 3 aromatic rings. The van der Waals surface area contributed by atoms with E-state index >= 15 is 0 Å². The van der Waals surface area contributed by atoms with Crippen molar-refractivity contribution in [3.8, 4) is 17.2 Å². The van der Waals surface area contributed by atoms with Gasteiger partial charge in [-0.2, -0.15) is 0 Å². The number of hydrogen-bond acceptors (Lipinski definition) is 4. The molecule has 0 aliphatic heterocycles. The fourth-order valence-corrected chi connectivity index (χ4v) is 2.52. The Bertz CT molecular complexity index is 870. The van der Waals surface area contributed by atoms with E-state index in [4.69, 9.17) is 14.2 Å². The van der Waals surface area contributed by atoms with E-state index in [-0.39, 0.29) is 12.4 Å². The van der Waals surface area contributed by atoms with Crippen LogP contribution in [0, 0.1) is 0 Å². The van der Waals surface area contributed by atoms with Crippen LogP contribution in [0.2, 0.25) is 0 Å². The van der Waals surface area contributed by atoms with Gasteiger partial charge < -0.3 is 14.2 Å². The second kappa shape index (κ2) is 7.04. The van der Waals surface area contributed by atoms with Crippen molar-refractivity contribution >= 4 is 16.6 Å². The van der Waals surface area contributed by atoms with Crippen molar-refractivity contribution in [3.05, 3.63) is 66.2 Å². The Morgan fingerprint density at radius 2 is 1.58 bits per heavy atom. The first-order valence-electron chi connectivity index (χ1n) is 7.58. The monoisotopic (exact) mass is 322 g/mol. The summed E-state index contributed by atoms with van der Waals surface area (Å²) in [5, 5.41) is 2.20. The molecular formula is C20H18O4. The fourth-order valence-electron chi connectivity index (χ4n) is 2.52. The summed E-state index contributed by atoms with van der Waals surface area (Å²) < 4.78 is 16.1. The molecule has 0 N–H and O–H groups in total. The predicted molar refractivity (Wildman–Crippen MR) is 93.3 cm³/mol. The largest absolute Gasteiger partial charge is 0.497 e. The van der Waals surface area contributed by atoms with Crippen LogP contribution in [0.15, 0.2) is 60.7 Å². The van der Waals surface area contributed by atoms with E-state index in [0.29, 0.717) is 22.8 Å². The second-order valence-corrected chi connectivity index (χ2v) is 5.29. The third-order valence-electron chi connectivity index (χ3n) is 3.80. The Kier molecular flexibility index (Phi) is 4.66. The Morgan fingerprint density at radius 1 is 0.833 bits per heavy atom.